The summed E-state index contributed by atoms with van der Waals surface area (Å²) in [6, 6.07) is 0. The fraction of sp³-hybridized carbons (Fsp3) is 0.864. The fourth-order valence-electron chi connectivity index (χ4n) is 17.0. The van der Waals surface area contributed by atoms with Crippen LogP contribution in [0.5, 0.6) is 0 Å². The quantitative estimate of drug-likeness (QED) is 0.0277. The summed E-state index contributed by atoms with van der Waals surface area (Å²) in [4.78, 5) is 53.8. The van der Waals surface area contributed by atoms with E-state index in [0.29, 0.717) is 37.7 Å². The van der Waals surface area contributed by atoms with E-state index in [9.17, 15) is 85.6 Å². The molecule has 0 aromatic rings. The number of allylic oxidation sites excluding steroid dienone is 3. The normalized spacial score (nSPS) is 51.1. The molecule has 4 aliphatic heterocycles. The molecule has 0 radical (unpaired) electrons. The number of carbonyl (C=O) groups excluding carboxylic acids is 3. The zero-order valence-corrected chi connectivity index (χ0v) is 50.0. The molecule has 0 bridgehead atoms. The summed E-state index contributed by atoms with van der Waals surface area (Å²) in [7, 11) is 0. The molecule has 9 rings (SSSR count). The largest absolute Gasteiger partial charge is 0.479 e. The van der Waals surface area contributed by atoms with Crippen molar-refractivity contribution in [1.82, 2.24) is 0 Å². The number of aliphatic hydroxyl groups is 12. The van der Waals surface area contributed by atoms with Crippen molar-refractivity contribution in [2.24, 2.45) is 50.2 Å². The van der Waals surface area contributed by atoms with Crippen molar-refractivity contribution < 1.29 is 133 Å². The first kappa shape index (κ1) is 67.2. The number of carbonyl (C=O) groups is 4. The van der Waals surface area contributed by atoms with E-state index in [4.69, 9.17) is 47.4 Å². The maximum absolute atomic E-state index is 14.2. The molecule has 5 unspecified atom stereocenters. The average molecular weight is 1230 g/mol. The number of hydrogen-bond acceptors (Lipinski definition) is 26. The highest BCUT2D eigenvalue weighted by atomic mass is 16.8. The van der Waals surface area contributed by atoms with Gasteiger partial charge >= 0.3 is 17.9 Å². The molecule has 4 saturated heterocycles. The predicted molar refractivity (Wildman–Crippen MR) is 289 cm³/mol. The van der Waals surface area contributed by atoms with Gasteiger partial charge in [0, 0.05) is 17.9 Å². The van der Waals surface area contributed by atoms with Crippen molar-refractivity contribution in [3.63, 3.8) is 0 Å². The van der Waals surface area contributed by atoms with E-state index < -0.39 is 224 Å². The summed E-state index contributed by atoms with van der Waals surface area (Å²) in [5, 5.41) is 144. The number of rotatable bonds is 15. The van der Waals surface area contributed by atoms with Gasteiger partial charge < -0.3 is 119 Å². The maximum atomic E-state index is 14.2. The number of aldehydes is 1. The van der Waals surface area contributed by atoms with Gasteiger partial charge in [-0.05, 0) is 92.8 Å². The number of aliphatic carboxylic acids is 1. The molecule has 0 aromatic carbocycles. The van der Waals surface area contributed by atoms with Crippen molar-refractivity contribution in [3.8, 4) is 0 Å². The summed E-state index contributed by atoms with van der Waals surface area (Å²) in [5.41, 5.74) is -4.42. The molecule has 27 nitrogen and oxygen atoms in total. The first-order valence-corrected chi connectivity index (χ1v) is 29.9. The van der Waals surface area contributed by atoms with E-state index in [2.05, 4.69) is 26.8 Å². The second kappa shape index (κ2) is 24.8. The van der Waals surface area contributed by atoms with Crippen molar-refractivity contribution in [1.29, 1.82) is 0 Å². The fourth-order valence-corrected chi connectivity index (χ4v) is 17.0. The molecular weight excluding hydrogens is 1140 g/mol. The van der Waals surface area contributed by atoms with Crippen LogP contribution in [0, 0.1) is 50.2 Å². The first-order chi connectivity index (χ1) is 40.3. The van der Waals surface area contributed by atoms with E-state index in [1.807, 2.05) is 13.8 Å². The Kier molecular flexibility index (Phi) is 19.3. The van der Waals surface area contributed by atoms with Gasteiger partial charge in [0.15, 0.2) is 31.3 Å². The summed E-state index contributed by atoms with van der Waals surface area (Å²) in [5.74, 6) is -4.24. The Hall–Kier alpha value is -3.24. The molecule has 13 N–H and O–H groups in total. The number of carboxylic acids is 1. The Morgan fingerprint density at radius 1 is 0.663 bits per heavy atom. The highest BCUT2D eigenvalue weighted by molar-refractivity contribution is 5.87. The summed E-state index contributed by atoms with van der Waals surface area (Å²) in [6.45, 7) is 13.8. The van der Waals surface area contributed by atoms with Crippen molar-refractivity contribution >= 4 is 24.2 Å². The summed E-state index contributed by atoms with van der Waals surface area (Å²) in [6.07, 6.45) is -32.4. The van der Waals surface area contributed by atoms with Crippen LogP contribution in [0.1, 0.15) is 107 Å². The molecule has 5 aliphatic carbocycles. The third-order valence-corrected chi connectivity index (χ3v) is 22.2. The number of aliphatic hydroxyl groups excluding tert-OH is 12. The van der Waals surface area contributed by atoms with E-state index in [1.165, 1.54) is 6.92 Å². The minimum atomic E-state index is -2.28. The molecule has 0 spiro atoms. The van der Waals surface area contributed by atoms with Crippen LogP contribution >= 0.6 is 0 Å². The van der Waals surface area contributed by atoms with Gasteiger partial charge in [0.05, 0.1) is 49.5 Å². The lowest BCUT2D eigenvalue weighted by Crippen LogP contribution is -2.72. The van der Waals surface area contributed by atoms with Gasteiger partial charge in [-0.15, -0.1) is 0 Å². The maximum Gasteiger partial charge on any atom is 0.335 e. The summed E-state index contributed by atoms with van der Waals surface area (Å²) < 4.78 is 60.5. The molecule has 30 atom stereocenters. The topological polar surface area (TPSA) is 424 Å². The van der Waals surface area contributed by atoms with Crippen LogP contribution < -0.4 is 0 Å². The van der Waals surface area contributed by atoms with Crippen LogP contribution in [0.15, 0.2) is 23.3 Å². The Morgan fingerprint density at radius 3 is 1.91 bits per heavy atom. The monoisotopic (exact) mass is 1230 g/mol. The van der Waals surface area contributed by atoms with Gasteiger partial charge in [0.2, 0.25) is 0 Å². The lowest BCUT2D eigenvalue weighted by molar-refractivity contribution is -0.398. The molecule has 0 amide bonds. The molecule has 4 saturated carbocycles. The number of carboxylic acid groups (broad SMARTS) is 1. The van der Waals surface area contributed by atoms with E-state index in [-0.39, 0.29) is 18.8 Å². The molecule has 27 heteroatoms. The van der Waals surface area contributed by atoms with Crippen LogP contribution in [-0.2, 0) is 66.5 Å². The smallest absolute Gasteiger partial charge is 0.335 e. The molecular formula is C59H90O27. The Balaban J connectivity index is 1.05. The molecule has 0 aromatic heterocycles. The van der Waals surface area contributed by atoms with Gasteiger partial charge in [-0.1, -0.05) is 59.3 Å². The van der Waals surface area contributed by atoms with Gasteiger partial charge in [-0.2, -0.15) is 0 Å². The first-order valence-electron chi connectivity index (χ1n) is 29.9. The summed E-state index contributed by atoms with van der Waals surface area (Å²) >= 11 is 0. The highest BCUT2D eigenvalue weighted by Crippen LogP contribution is 2.76. The predicted octanol–water partition coefficient (Wildman–Crippen LogP) is -2.01. The average Bonchev–Trinajstić information content (AvgIpc) is 0.672. The van der Waals surface area contributed by atoms with E-state index in [0.717, 1.165) is 11.9 Å². The van der Waals surface area contributed by atoms with Gasteiger partial charge in [-0.3, -0.25) is 4.79 Å². The number of esters is 2. The van der Waals surface area contributed by atoms with Crippen LogP contribution in [0.3, 0.4) is 0 Å². The van der Waals surface area contributed by atoms with Crippen molar-refractivity contribution in [3.05, 3.63) is 23.3 Å². The van der Waals surface area contributed by atoms with Crippen LogP contribution in [-0.4, -0.2) is 252 Å². The van der Waals surface area contributed by atoms with E-state index >= 15 is 0 Å². The van der Waals surface area contributed by atoms with Crippen molar-refractivity contribution in [2.75, 3.05) is 26.4 Å². The number of ether oxygens (including phenoxy) is 10. The minimum absolute atomic E-state index is 0.112. The van der Waals surface area contributed by atoms with Crippen LogP contribution in [0.4, 0.5) is 0 Å². The molecule has 8 fully saturated rings. The van der Waals surface area contributed by atoms with E-state index in [1.54, 1.807) is 26.8 Å². The Labute approximate surface area is 498 Å². The number of fused-ring (bicyclic) bond motifs is 7. The third-order valence-electron chi connectivity index (χ3n) is 22.2. The highest BCUT2D eigenvalue weighted by Gasteiger charge is 2.74. The SMILES string of the molecule is C/C=C(\C)C(=O)O[C@H]1[C@H](OC(C)=O)[C@]2(CO)[C@H](O)C[C@]3(C)C(=CC[C@@H]4[C@@]5(C)CC[C@H](O[C@@H]6O[C@H](C(=O)O)C(O)[C@H](O[C@@H]7OC[C@H](O)[C@H](O)[C@H]7OC7OCC(O)C(O)C7O)[C@H]6O[C@@H]6O[C@H](CO)[C@H](O)[C@H](O)[C@H]6O)[C@@](C)(C=O)[C@@H]5CC[C@]43C)[C@@H]2CC1(C)C. The van der Waals surface area contributed by atoms with Gasteiger partial charge in [-0.25, -0.2) is 9.59 Å². The van der Waals surface area contributed by atoms with Gasteiger partial charge in [0.1, 0.15) is 97.8 Å². The molecule has 86 heavy (non-hydrogen) atoms. The lowest BCUT2D eigenvalue weighted by atomic mass is 9.33. The van der Waals surface area contributed by atoms with Gasteiger partial charge in [0.25, 0.3) is 0 Å². The van der Waals surface area contributed by atoms with Crippen LogP contribution in [0.2, 0.25) is 0 Å². The Bertz CT molecular complexity index is 2550. The standard InChI is InChI=1S/C59H90O27/c1-10-24(2)49(76)86-46-47(79-25(3)63)59(23-62)27(17-54(46,4)5)26-11-12-32-55(6)15-14-34(56(7,22-61)31(55)13-16-57(32,8)58(26,9)18-33(59)66)81-53-45(85-51-40(72)38(70)37(69)30(19-60)80-51)42(41(73)43(83-53)48(74)75)82-52-44(36(68)29(65)21-78-52)84-50-39(71)35(67)28(64)20-77-50/h10-11,22,27-47,50-53,60,62,64-73H,12-21,23H2,1-9H3,(H,74,75)/b24-10+/t27-,28?,29-,30+,31+,32+,33+,34-,35?,36-,37-,38-,39?,40+,41?,42-,43-,44+,45+,46-,47-,50?,51-,52-,53+,55-,56-,57+,58+,59-/m0/s1. The lowest BCUT2D eigenvalue weighted by Gasteiger charge is -2.72. The zero-order chi connectivity index (χ0) is 63.3. The minimum Gasteiger partial charge on any atom is -0.479 e. The molecule has 488 valence electrons. The number of hydrogen-bond donors (Lipinski definition) is 13. The molecule has 9 aliphatic rings. The van der Waals surface area contributed by atoms with Crippen LogP contribution in [0.25, 0.3) is 0 Å². The molecule has 4 heterocycles. The third kappa shape index (κ3) is 10.9. The second-order valence-electron chi connectivity index (χ2n) is 27.3. The zero-order valence-electron chi connectivity index (χ0n) is 50.0. The Morgan fingerprint density at radius 2 is 1.29 bits per heavy atom. The van der Waals surface area contributed by atoms with Crippen molar-refractivity contribution in [2.45, 2.75) is 242 Å². The second-order valence-corrected chi connectivity index (χ2v) is 27.3.